The quantitative estimate of drug-likeness (QED) is 0.727. The number of hydrogen-bond donors (Lipinski definition) is 2. The molecule has 3 N–H and O–H groups in total. The van der Waals surface area contributed by atoms with Crippen molar-refractivity contribution in [1.29, 1.82) is 0 Å². The lowest BCUT2D eigenvalue weighted by atomic mass is 10.2. The van der Waals surface area contributed by atoms with Crippen molar-refractivity contribution in [2.45, 2.75) is 25.7 Å². The van der Waals surface area contributed by atoms with Crippen LogP contribution in [0.15, 0.2) is 18.3 Å². The second-order valence-electron chi connectivity index (χ2n) is 3.66. The molecule has 0 saturated heterocycles. The van der Waals surface area contributed by atoms with E-state index in [0.29, 0.717) is 0 Å². The average molecular weight is 204 g/mol. The number of unbranched alkanes of at least 4 members (excludes halogenated alkanes) is 2. The van der Waals surface area contributed by atoms with E-state index in [2.05, 4.69) is 15.0 Å². The van der Waals surface area contributed by atoms with Crippen molar-refractivity contribution in [3.05, 3.63) is 24.2 Å². The average Bonchev–Trinajstić information content (AvgIpc) is 2.67. The van der Waals surface area contributed by atoms with Crippen LogP contribution in [0.25, 0.3) is 11.2 Å². The first kappa shape index (κ1) is 10.1. The molecule has 0 unspecified atom stereocenters. The summed E-state index contributed by atoms with van der Waals surface area (Å²) < 4.78 is 0. The summed E-state index contributed by atoms with van der Waals surface area (Å²) in [6.07, 6.45) is 6.15. The molecule has 0 amide bonds. The molecule has 2 heterocycles. The van der Waals surface area contributed by atoms with Gasteiger partial charge in [0.25, 0.3) is 0 Å². The van der Waals surface area contributed by atoms with Crippen molar-refractivity contribution >= 4 is 11.2 Å². The molecule has 4 nitrogen and oxygen atoms in total. The van der Waals surface area contributed by atoms with Gasteiger partial charge in [0.15, 0.2) is 5.65 Å². The zero-order valence-electron chi connectivity index (χ0n) is 8.74. The normalized spacial score (nSPS) is 11.0. The lowest BCUT2D eigenvalue weighted by Gasteiger charge is -1.95. The first-order valence-corrected chi connectivity index (χ1v) is 5.40. The van der Waals surface area contributed by atoms with Gasteiger partial charge in [-0.25, -0.2) is 9.97 Å². The number of hydrogen-bond acceptors (Lipinski definition) is 3. The maximum absolute atomic E-state index is 5.44. The minimum Gasteiger partial charge on any atom is -0.341 e. The molecule has 0 saturated carbocycles. The van der Waals surface area contributed by atoms with Crippen LogP contribution in [-0.2, 0) is 6.42 Å². The van der Waals surface area contributed by atoms with Gasteiger partial charge in [-0.2, -0.15) is 0 Å². The van der Waals surface area contributed by atoms with E-state index < -0.39 is 0 Å². The van der Waals surface area contributed by atoms with Crippen molar-refractivity contribution in [2.75, 3.05) is 6.54 Å². The number of imidazole rings is 1. The van der Waals surface area contributed by atoms with Crippen molar-refractivity contribution in [2.24, 2.45) is 5.73 Å². The molecule has 0 spiro atoms. The molecule has 2 aromatic rings. The summed E-state index contributed by atoms with van der Waals surface area (Å²) in [4.78, 5) is 11.9. The summed E-state index contributed by atoms with van der Waals surface area (Å²) in [6, 6.07) is 3.91. The number of pyridine rings is 1. The van der Waals surface area contributed by atoms with Crippen molar-refractivity contribution in [3.8, 4) is 0 Å². The van der Waals surface area contributed by atoms with Gasteiger partial charge >= 0.3 is 0 Å². The van der Waals surface area contributed by atoms with Gasteiger partial charge in [-0.1, -0.05) is 6.42 Å². The van der Waals surface area contributed by atoms with E-state index in [0.717, 1.165) is 42.8 Å². The zero-order chi connectivity index (χ0) is 10.5. The van der Waals surface area contributed by atoms with Crippen LogP contribution in [0.5, 0.6) is 0 Å². The second-order valence-corrected chi connectivity index (χ2v) is 3.66. The van der Waals surface area contributed by atoms with Gasteiger partial charge in [-0.05, 0) is 31.5 Å². The standard InChI is InChI=1S/C11H16N4/c12-7-3-1-2-6-10-14-9-5-4-8-13-11(9)15-10/h4-5,8H,1-3,6-7,12H2,(H,13,14,15). The molecule has 0 aliphatic heterocycles. The third-order valence-corrected chi connectivity index (χ3v) is 2.42. The molecule has 0 aromatic carbocycles. The lowest BCUT2D eigenvalue weighted by molar-refractivity contribution is 0.673. The van der Waals surface area contributed by atoms with Gasteiger partial charge < -0.3 is 10.7 Å². The van der Waals surface area contributed by atoms with Crippen LogP contribution in [0.1, 0.15) is 25.1 Å². The molecule has 2 rings (SSSR count). The number of aromatic amines is 1. The summed E-state index contributed by atoms with van der Waals surface area (Å²) in [5.74, 6) is 1.03. The Bertz CT molecular complexity index is 388. The molecule has 0 bridgehead atoms. The molecule has 15 heavy (non-hydrogen) atoms. The summed E-state index contributed by atoms with van der Waals surface area (Å²) >= 11 is 0. The Hall–Kier alpha value is -1.42. The van der Waals surface area contributed by atoms with Crippen LogP contribution in [0.4, 0.5) is 0 Å². The summed E-state index contributed by atoms with van der Waals surface area (Å²) in [7, 11) is 0. The minimum absolute atomic E-state index is 0.779. The number of H-pyrrole nitrogens is 1. The fourth-order valence-electron chi connectivity index (χ4n) is 1.63. The maximum atomic E-state index is 5.44. The fraction of sp³-hybridized carbons (Fsp3) is 0.455. The van der Waals surface area contributed by atoms with E-state index in [-0.39, 0.29) is 0 Å². The highest BCUT2D eigenvalue weighted by molar-refractivity contribution is 5.69. The molecule has 80 valence electrons. The molecule has 0 aliphatic carbocycles. The predicted octanol–water partition coefficient (Wildman–Crippen LogP) is 1.63. The Morgan fingerprint density at radius 2 is 2.20 bits per heavy atom. The number of nitrogens with two attached hydrogens (primary N) is 1. The molecule has 0 radical (unpaired) electrons. The van der Waals surface area contributed by atoms with Crippen molar-refractivity contribution < 1.29 is 0 Å². The molecule has 0 aliphatic rings. The van der Waals surface area contributed by atoms with Gasteiger partial charge in [-0.3, -0.25) is 0 Å². The van der Waals surface area contributed by atoms with Crippen LogP contribution < -0.4 is 5.73 Å². The van der Waals surface area contributed by atoms with E-state index in [9.17, 15) is 0 Å². The monoisotopic (exact) mass is 204 g/mol. The Morgan fingerprint density at radius 1 is 1.27 bits per heavy atom. The molecular weight excluding hydrogens is 188 g/mol. The second kappa shape index (κ2) is 4.89. The number of nitrogens with zero attached hydrogens (tertiary/aromatic N) is 2. The Balaban J connectivity index is 1.97. The van der Waals surface area contributed by atoms with Gasteiger partial charge in [0.05, 0.1) is 5.52 Å². The largest absolute Gasteiger partial charge is 0.341 e. The van der Waals surface area contributed by atoms with E-state index >= 15 is 0 Å². The SMILES string of the molecule is NCCCCCc1nc2ncccc2[nH]1. The Labute approximate surface area is 88.9 Å². The highest BCUT2D eigenvalue weighted by Crippen LogP contribution is 2.09. The molecule has 0 fully saturated rings. The third-order valence-electron chi connectivity index (χ3n) is 2.42. The predicted molar refractivity (Wildman–Crippen MR) is 60.5 cm³/mol. The van der Waals surface area contributed by atoms with E-state index in [1.807, 2.05) is 12.1 Å². The third kappa shape index (κ3) is 2.53. The molecule has 0 atom stereocenters. The van der Waals surface area contributed by atoms with Crippen LogP contribution in [0.2, 0.25) is 0 Å². The Kier molecular flexibility index (Phi) is 3.29. The van der Waals surface area contributed by atoms with Crippen molar-refractivity contribution in [3.63, 3.8) is 0 Å². The Morgan fingerprint density at radius 3 is 3.00 bits per heavy atom. The summed E-state index contributed by atoms with van der Waals surface area (Å²) in [5.41, 5.74) is 7.27. The number of rotatable bonds is 5. The first-order chi connectivity index (χ1) is 7.40. The minimum atomic E-state index is 0.779. The summed E-state index contributed by atoms with van der Waals surface area (Å²) in [5, 5.41) is 0. The van der Waals surface area contributed by atoms with Gasteiger partial charge in [0.1, 0.15) is 5.82 Å². The fourth-order valence-corrected chi connectivity index (χ4v) is 1.63. The van der Waals surface area contributed by atoms with Crippen LogP contribution in [0.3, 0.4) is 0 Å². The van der Waals surface area contributed by atoms with Gasteiger partial charge in [-0.15, -0.1) is 0 Å². The highest BCUT2D eigenvalue weighted by Gasteiger charge is 2.01. The van der Waals surface area contributed by atoms with Crippen LogP contribution in [0, 0.1) is 0 Å². The topological polar surface area (TPSA) is 67.6 Å². The van der Waals surface area contributed by atoms with E-state index in [4.69, 9.17) is 5.73 Å². The first-order valence-electron chi connectivity index (χ1n) is 5.40. The number of fused-ring (bicyclic) bond motifs is 1. The molecule has 2 aromatic heterocycles. The molecular formula is C11H16N4. The zero-order valence-corrected chi connectivity index (χ0v) is 8.74. The van der Waals surface area contributed by atoms with Crippen LogP contribution >= 0.6 is 0 Å². The smallest absolute Gasteiger partial charge is 0.177 e. The lowest BCUT2D eigenvalue weighted by Crippen LogP contribution is -1.98. The summed E-state index contributed by atoms with van der Waals surface area (Å²) in [6.45, 7) is 0.779. The highest BCUT2D eigenvalue weighted by atomic mass is 15.0. The van der Waals surface area contributed by atoms with Crippen molar-refractivity contribution in [1.82, 2.24) is 15.0 Å². The number of aromatic nitrogens is 3. The van der Waals surface area contributed by atoms with E-state index in [1.54, 1.807) is 6.20 Å². The number of aryl methyl sites for hydroxylation is 1. The van der Waals surface area contributed by atoms with Crippen LogP contribution in [-0.4, -0.2) is 21.5 Å². The van der Waals surface area contributed by atoms with Gasteiger partial charge in [0.2, 0.25) is 0 Å². The molecule has 4 heteroatoms. The van der Waals surface area contributed by atoms with Gasteiger partial charge in [0, 0.05) is 12.6 Å². The number of nitrogens with one attached hydrogen (secondary N) is 1. The maximum Gasteiger partial charge on any atom is 0.177 e. The van der Waals surface area contributed by atoms with E-state index in [1.165, 1.54) is 6.42 Å².